The van der Waals surface area contributed by atoms with Crippen molar-refractivity contribution in [2.24, 2.45) is 12.9 Å². The third-order valence-corrected chi connectivity index (χ3v) is 4.10. The van der Waals surface area contributed by atoms with Gasteiger partial charge in [-0.25, -0.2) is 0 Å². The van der Waals surface area contributed by atoms with E-state index < -0.39 is 0 Å². The molecule has 0 aliphatic carbocycles. The lowest BCUT2D eigenvalue weighted by Crippen LogP contribution is -2.30. The maximum atomic E-state index is 5.67. The smallest absolute Gasteiger partial charge is 0.0766 e. The van der Waals surface area contributed by atoms with E-state index in [1.165, 1.54) is 0 Å². The van der Waals surface area contributed by atoms with Gasteiger partial charge in [0.1, 0.15) is 0 Å². The normalized spacial score (nSPS) is 12.6. The molecular formula is C13H18BrN5. The molecule has 0 radical (unpaired) electrons. The lowest BCUT2D eigenvalue weighted by Gasteiger charge is -2.16. The van der Waals surface area contributed by atoms with Crippen molar-refractivity contribution in [2.75, 3.05) is 0 Å². The Bertz CT molecular complexity index is 537. The highest BCUT2D eigenvalue weighted by molar-refractivity contribution is 9.10. The molecule has 0 saturated heterocycles. The van der Waals surface area contributed by atoms with Crippen molar-refractivity contribution in [1.82, 2.24) is 20.2 Å². The molecule has 1 unspecified atom stereocenters. The summed E-state index contributed by atoms with van der Waals surface area (Å²) >= 11 is 3.62. The summed E-state index contributed by atoms with van der Waals surface area (Å²) in [5, 5.41) is 4.50. The van der Waals surface area contributed by atoms with Gasteiger partial charge in [-0.05, 0) is 34.0 Å². The van der Waals surface area contributed by atoms with Gasteiger partial charge in [-0.3, -0.25) is 20.9 Å². The van der Waals surface area contributed by atoms with E-state index in [4.69, 9.17) is 5.84 Å². The predicted molar refractivity (Wildman–Crippen MR) is 78.3 cm³/mol. The molecule has 0 aliphatic heterocycles. The number of halogens is 1. The second-order valence-electron chi connectivity index (χ2n) is 4.39. The Morgan fingerprint density at radius 3 is 2.84 bits per heavy atom. The van der Waals surface area contributed by atoms with Gasteiger partial charge in [-0.2, -0.15) is 5.10 Å². The standard InChI is InChI=1S/C13H18BrN5/c1-3-10-13(14)12(19(2)18-10)7-11(17-15)9-5-4-6-16-8-9/h4-6,8,11,17H,3,7,15H2,1-2H3. The Balaban J connectivity index is 2.26. The molecule has 2 aromatic heterocycles. The fourth-order valence-corrected chi connectivity index (χ4v) is 2.87. The Labute approximate surface area is 121 Å². The van der Waals surface area contributed by atoms with E-state index in [1.807, 2.05) is 30.1 Å². The van der Waals surface area contributed by atoms with E-state index in [1.54, 1.807) is 6.20 Å². The minimum atomic E-state index is 0.0186. The minimum Gasteiger partial charge on any atom is -0.271 e. The van der Waals surface area contributed by atoms with Crippen LogP contribution < -0.4 is 11.3 Å². The van der Waals surface area contributed by atoms with Crippen molar-refractivity contribution in [3.63, 3.8) is 0 Å². The van der Waals surface area contributed by atoms with E-state index in [2.05, 4.69) is 38.4 Å². The maximum absolute atomic E-state index is 5.67. The highest BCUT2D eigenvalue weighted by Crippen LogP contribution is 2.26. The highest BCUT2D eigenvalue weighted by Gasteiger charge is 2.18. The van der Waals surface area contributed by atoms with E-state index in [-0.39, 0.29) is 6.04 Å². The van der Waals surface area contributed by atoms with Gasteiger partial charge in [-0.15, -0.1) is 0 Å². The summed E-state index contributed by atoms with van der Waals surface area (Å²) in [4.78, 5) is 4.13. The number of hydrogen-bond donors (Lipinski definition) is 2. The average Bonchev–Trinajstić information content (AvgIpc) is 2.72. The van der Waals surface area contributed by atoms with E-state index in [0.29, 0.717) is 0 Å². The second kappa shape index (κ2) is 6.27. The fourth-order valence-electron chi connectivity index (χ4n) is 2.09. The van der Waals surface area contributed by atoms with Crippen LogP contribution in [0.1, 0.15) is 29.9 Å². The SMILES string of the molecule is CCc1nn(C)c(CC(NN)c2cccnc2)c1Br. The van der Waals surface area contributed by atoms with Crippen molar-refractivity contribution in [2.45, 2.75) is 25.8 Å². The fraction of sp³-hybridized carbons (Fsp3) is 0.385. The second-order valence-corrected chi connectivity index (χ2v) is 5.19. The van der Waals surface area contributed by atoms with Gasteiger partial charge in [-0.1, -0.05) is 13.0 Å². The molecule has 0 amide bonds. The van der Waals surface area contributed by atoms with Crippen LogP contribution >= 0.6 is 15.9 Å². The lowest BCUT2D eigenvalue weighted by molar-refractivity contribution is 0.527. The molecular weight excluding hydrogens is 306 g/mol. The molecule has 0 spiro atoms. The zero-order valence-electron chi connectivity index (χ0n) is 11.1. The van der Waals surface area contributed by atoms with Crippen molar-refractivity contribution >= 4 is 15.9 Å². The molecule has 1 atom stereocenters. The van der Waals surface area contributed by atoms with Crippen LogP contribution in [0.5, 0.6) is 0 Å². The molecule has 0 aromatic carbocycles. The summed E-state index contributed by atoms with van der Waals surface area (Å²) in [6, 6.07) is 3.95. The molecule has 0 saturated carbocycles. The van der Waals surface area contributed by atoms with Gasteiger partial charge < -0.3 is 0 Å². The minimum absolute atomic E-state index is 0.0186. The summed E-state index contributed by atoms with van der Waals surface area (Å²) < 4.78 is 2.98. The van der Waals surface area contributed by atoms with Crippen LogP contribution in [0.25, 0.3) is 0 Å². The largest absolute Gasteiger partial charge is 0.271 e. The summed E-state index contributed by atoms with van der Waals surface area (Å²) in [5.74, 6) is 5.67. The lowest BCUT2D eigenvalue weighted by atomic mass is 10.0. The molecule has 0 bridgehead atoms. The number of aromatic nitrogens is 3. The van der Waals surface area contributed by atoms with Gasteiger partial charge in [0.25, 0.3) is 0 Å². The first-order valence-corrected chi connectivity index (χ1v) is 7.03. The highest BCUT2D eigenvalue weighted by atomic mass is 79.9. The molecule has 102 valence electrons. The number of hydrazine groups is 1. The van der Waals surface area contributed by atoms with Crippen LogP contribution in [-0.2, 0) is 19.9 Å². The predicted octanol–water partition coefficient (Wildman–Crippen LogP) is 1.89. The Morgan fingerprint density at radius 1 is 1.53 bits per heavy atom. The van der Waals surface area contributed by atoms with E-state index in [9.17, 15) is 0 Å². The molecule has 2 aromatic rings. The zero-order valence-corrected chi connectivity index (χ0v) is 12.7. The third kappa shape index (κ3) is 3.02. The molecule has 0 aliphatic rings. The number of rotatable bonds is 5. The Kier molecular flexibility index (Phi) is 4.68. The first-order valence-electron chi connectivity index (χ1n) is 6.23. The van der Waals surface area contributed by atoms with Crippen LogP contribution in [0.15, 0.2) is 29.0 Å². The summed E-state index contributed by atoms with van der Waals surface area (Å²) in [6.07, 6.45) is 5.25. The quantitative estimate of drug-likeness (QED) is 0.651. The van der Waals surface area contributed by atoms with Crippen LogP contribution in [0, 0.1) is 0 Å². The molecule has 6 heteroatoms. The molecule has 2 heterocycles. The summed E-state index contributed by atoms with van der Waals surface area (Å²) in [6.45, 7) is 2.09. The number of nitrogens with zero attached hydrogens (tertiary/aromatic N) is 3. The Morgan fingerprint density at radius 2 is 2.32 bits per heavy atom. The van der Waals surface area contributed by atoms with Crippen LogP contribution in [0.2, 0.25) is 0 Å². The monoisotopic (exact) mass is 323 g/mol. The van der Waals surface area contributed by atoms with Gasteiger partial charge >= 0.3 is 0 Å². The number of hydrogen-bond acceptors (Lipinski definition) is 4. The maximum Gasteiger partial charge on any atom is 0.0766 e. The molecule has 5 nitrogen and oxygen atoms in total. The van der Waals surface area contributed by atoms with Gasteiger partial charge in [0.05, 0.1) is 21.9 Å². The first kappa shape index (κ1) is 14.2. The molecule has 2 rings (SSSR count). The van der Waals surface area contributed by atoms with Gasteiger partial charge in [0.2, 0.25) is 0 Å². The first-order chi connectivity index (χ1) is 9.17. The van der Waals surface area contributed by atoms with Gasteiger partial charge in [0.15, 0.2) is 0 Å². The summed E-state index contributed by atoms with van der Waals surface area (Å²) in [5.41, 5.74) is 6.11. The number of pyridine rings is 1. The number of nitrogens with two attached hydrogens (primary N) is 1. The van der Waals surface area contributed by atoms with Gasteiger partial charge in [0, 0.05) is 25.9 Å². The van der Waals surface area contributed by atoms with Crippen LogP contribution in [0.3, 0.4) is 0 Å². The Hall–Kier alpha value is -1.24. The molecule has 0 fully saturated rings. The topological polar surface area (TPSA) is 68.8 Å². The number of nitrogens with one attached hydrogen (secondary N) is 1. The molecule has 3 N–H and O–H groups in total. The van der Waals surface area contributed by atoms with Crippen molar-refractivity contribution in [3.8, 4) is 0 Å². The third-order valence-electron chi connectivity index (χ3n) is 3.19. The van der Waals surface area contributed by atoms with Crippen LogP contribution in [-0.4, -0.2) is 14.8 Å². The molecule has 19 heavy (non-hydrogen) atoms. The number of aryl methyl sites for hydroxylation is 2. The van der Waals surface area contributed by atoms with E-state index >= 15 is 0 Å². The summed E-state index contributed by atoms with van der Waals surface area (Å²) in [7, 11) is 1.95. The van der Waals surface area contributed by atoms with Crippen LogP contribution in [0.4, 0.5) is 0 Å². The van der Waals surface area contributed by atoms with Crippen molar-refractivity contribution < 1.29 is 0 Å². The van der Waals surface area contributed by atoms with Crippen molar-refractivity contribution in [3.05, 3.63) is 46.0 Å². The average molecular weight is 324 g/mol. The van der Waals surface area contributed by atoms with E-state index in [0.717, 1.165) is 34.3 Å². The zero-order chi connectivity index (χ0) is 13.8. The van der Waals surface area contributed by atoms with Crippen molar-refractivity contribution in [1.29, 1.82) is 0 Å².